The number of nitrogens with zero attached hydrogens (tertiary/aromatic N) is 2. The van der Waals surface area contributed by atoms with E-state index in [1.165, 1.54) is 6.07 Å². The molecule has 162 valence electrons. The van der Waals surface area contributed by atoms with Gasteiger partial charge in [-0.1, -0.05) is 12.1 Å². The summed E-state index contributed by atoms with van der Waals surface area (Å²) in [5.74, 6) is 0.0608. The van der Waals surface area contributed by atoms with Gasteiger partial charge in [0.15, 0.2) is 6.61 Å². The van der Waals surface area contributed by atoms with E-state index in [4.69, 9.17) is 4.74 Å². The van der Waals surface area contributed by atoms with Crippen LogP contribution < -0.4 is 15.0 Å². The van der Waals surface area contributed by atoms with Crippen LogP contribution in [0.4, 0.5) is 28.9 Å². The molecule has 30 heavy (non-hydrogen) atoms. The molecule has 0 aromatic heterocycles. The summed E-state index contributed by atoms with van der Waals surface area (Å²) in [4.78, 5) is 4.44. The number of ether oxygens (including phenoxy) is 1. The molecule has 4 rings (SSSR count). The van der Waals surface area contributed by atoms with E-state index < -0.39 is 12.8 Å². The van der Waals surface area contributed by atoms with Gasteiger partial charge >= 0.3 is 6.18 Å². The van der Waals surface area contributed by atoms with Crippen molar-refractivity contribution in [3.05, 3.63) is 53.8 Å². The Kier molecular flexibility index (Phi) is 6.04. The van der Waals surface area contributed by atoms with E-state index in [0.29, 0.717) is 11.7 Å². The van der Waals surface area contributed by atoms with Gasteiger partial charge in [-0.25, -0.2) is 4.39 Å². The molecule has 0 aliphatic carbocycles. The Morgan fingerprint density at radius 2 is 1.80 bits per heavy atom. The maximum Gasteiger partial charge on any atom is 0.422 e. The lowest BCUT2D eigenvalue weighted by Crippen LogP contribution is -2.50. The zero-order valence-electron chi connectivity index (χ0n) is 16.6. The highest BCUT2D eigenvalue weighted by Crippen LogP contribution is 2.31. The number of fused-ring (bicyclic) bond motifs is 1. The van der Waals surface area contributed by atoms with Crippen molar-refractivity contribution in [3.63, 3.8) is 0 Å². The quantitative estimate of drug-likeness (QED) is 0.726. The Bertz CT molecular complexity index is 866. The molecular formula is C22H25F4N3O. The average Bonchev–Trinajstić information content (AvgIpc) is 2.73. The minimum absolute atomic E-state index is 0.204. The molecule has 2 aromatic rings. The molecule has 2 aliphatic rings. The first-order valence-corrected chi connectivity index (χ1v) is 10.2. The van der Waals surface area contributed by atoms with Gasteiger partial charge in [-0.2, -0.15) is 13.2 Å². The fourth-order valence-corrected chi connectivity index (χ4v) is 4.15. The van der Waals surface area contributed by atoms with Crippen LogP contribution in [-0.2, 0) is 6.42 Å². The summed E-state index contributed by atoms with van der Waals surface area (Å²) in [6.07, 6.45) is -2.55. The second kappa shape index (κ2) is 8.71. The Balaban J connectivity index is 1.31. The van der Waals surface area contributed by atoms with Crippen LogP contribution >= 0.6 is 0 Å². The molecule has 0 amide bonds. The first-order chi connectivity index (χ1) is 14.4. The van der Waals surface area contributed by atoms with Crippen LogP contribution in [0.3, 0.4) is 0 Å². The number of hydrogen-bond donors (Lipinski definition) is 1. The number of halogens is 4. The van der Waals surface area contributed by atoms with Crippen molar-refractivity contribution >= 4 is 11.4 Å². The molecule has 4 nitrogen and oxygen atoms in total. The van der Waals surface area contributed by atoms with Gasteiger partial charge < -0.3 is 15.0 Å². The normalized spacial score (nSPS) is 19.9. The van der Waals surface area contributed by atoms with Crippen LogP contribution in [0, 0.1) is 5.82 Å². The minimum Gasteiger partial charge on any atom is -0.482 e. The van der Waals surface area contributed by atoms with Crippen LogP contribution in [0.1, 0.15) is 12.0 Å². The molecule has 0 saturated carbocycles. The van der Waals surface area contributed by atoms with E-state index in [0.717, 1.165) is 56.8 Å². The summed E-state index contributed by atoms with van der Waals surface area (Å²) in [7, 11) is 0. The molecule has 1 N–H and O–H groups in total. The van der Waals surface area contributed by atoms with Gasteiger partial charge in [-0.05, 0) is 48.7 Å². The number of para-hydroxylation sites is 2. The minimum atomic E-state index is -4.36. The maximum absolute atomic E-state index is 13.4. The largest absolute Gasteiger partial charge is 0.482 e. The Morgan fingerprint density at radius 1 is 1.03 bits per heavy atom. The highest BCUT2D eigenvalue weighted by atomic mass is 19.4. The molecule has 2 heterocycles. The second-order valence-corrected chi connectivity index (χ2v) is 7.84. The zero-order valence-corrected chi connectivity index (χ0v) is 16.6. The molecular weight excluding hydrogens is 398 g/mol. The number of piperazine rings is 1. The fourth-order valence-electron chi connectivity index (χ4n) is 4.15. The predicted octanol–water partition coefficient (Wildman–Crippen LogP) is 4.32. The number of aryl methyl sites for hydroxylation is 1. The van der Waals surface area contributed by atoms with Crippen molar-refractivity contribution in [3.8, 4) is 5.75 Å². The van der Waals surface area contributed by atoms with Crippen LogP contribution in [0.5, 0.6) is 5.75 Å². The molecule has 0 bridgehead atoms. The van der Waals surface area contributed by atoms with E-state index >= 15 is 0 Å². The van der Waals surface area contributed by atoms with Crippen molar-refractivity contribution in [2.75, 3.05) is 49.5 Å². The molecule has 8 heteroatoms. The average molecular weight is 423 g/mol. The van der Waals surface area contributed by atoms with Gasteiger partial charge in [0.1, 0.15) is 11.6 Å². The molecule has 0 spiro atoms. The van der Waals surface area contributed by atoms with Gasteiger partial charge in [-0.15, -0.1) is 0 Å². The van der Waals surface area contributed by atoms with Crippen molar-refractivity contribution in [1.29, 1.82) is 0 Å². The van der Waals surface area contributed by atoms with E-state index in [9.17, 15) is 17.6 Å². The lowest BCUT2D eigenvalue weighted by atomic mass is 9.97. The van der Waals surface area contributed by atoms with Crippen molar-refractivity contribution < 1.29 is 22.3 Å². The van der Waals surface area contributed by atoms with Crippen LogP contribution in [0.15, 0.2) is 42.5 Å². The number of benzene rings is 2. The lowest BCUT2D eigenvalue weighted by molar-refractivity contribution is -0.153. The van der Waals surface area contributed by atoms with Crippen LogP contribution in [0.2, 0.25) is 0 Å². The van der Waals surface area contributed by atoms with E-state index in [1.807, 2.05) is 6.07 Å². The number of hydrogen-bond acceptors (Lipinski definition) is 4. The smallest absolute Gasteiger partial charge is 0.422 e. The predicted molar refractivity (Wildman–Crippen MR) is 109 cm³/mol. The van der Waals surface area contributed by atoms with E-state index in [1.54, 1.807) is 30.3 Å². The summed E-state index contributed by atoms with van der Waals surface area (Å²) in [6.45, 7) is 2.69. The van der Waals surface area contributed by atoms with Gasteiger partial charge in [-0.3, -0.25) is 4.90 Å². The topological polar surface area (TPSA) is 27.7 Å². The molecule has 1 atom stereocenters. The van der Waals surface area contributed by atoms with Gasteiger partial charge in [0.25, 0.3) is 0 Å². The first kappa shape index (κ1) is 20.8. The van der Waals surface area contributed by atoms with Crippen molar-refractivity contribution in [2.45, 2.75) is 25.1 Å². The molecule has 1 saturated heterocycles. The highest BCUT2D eigenvalue weighted by molar-refractivity contribution is 5.59. The summed E-state index contributed by atoms with van der Waals surface area (Å²) in [5, 5.41) is 3.51. The summed E-state index contributed by atoms with van der Waals surface area (Å²) in [5.41, 5.74) is 2.72. The van der Waals surface area contributed by atoms with Gasteiger partial charge in [0.2, 0.25) is 0 Å². The number of alkyl halides is 3. The number of nitrogens with one attached hydrogen (secondary N) is 1. The molecule has 1 fully saturated rings. The Hall–Kier alpha value is -2.48. The third-order valence-corrected chi connectivity index (χ3v) is 5.64. The SMILES string of the molecule is Fc1ccc2c(c1)CCC(CN1CCN(c3ccccc3OCC(F)(F)F)CC1)N2. The first-order valence-electron chi connectivity index (χ1n) is 10.2. The third-order valence-electron chi connectivity index (χ3n) is 5.64. The Morgan fingerprint density at radius 3 is 2.57 bits per heavy atom. The van der Waals surface area contributed by atoms with Gasteiger partial charge in [0, 0.05) is 44.5 Å². The van der Waals surface area contributed by atoms with Crippen molar-refractivity contribution in [1.82, 2.24) is 4.90 Å². The Labute approximate surface area is 173 Å². The standard InChI is InChI=1S/C22H25F4N3O/c23-17-6-8-19-16(13-17)5-7-18(27-19)14-28-9-11-29(12-10-28)20-3-1-2-4-21(20)30-15-22(24,25)26/h1-4,6,8,13,18,27H,5,7,9-12,14-15H2. The number of rotatable bonds is 5. The summed E-state index contributed by atoms with van der Waals surface area (Å²) >= 11 is 0. The van der Waals surface area contributed by atoms with E-state index in [-0.39, 0.29) is 11.6 Å². The fraction of sp³-hybridized carbons (Fsp3) is 0.455. The summed E-state index contributed by atoms with van der Waals surface area (Å²) < 4.78 is 56.0. The monoisotopic (exact) mass is 423 g/mol. The number of anilines is 2. The second-order valence-electron chi connectivity index (χ2n) is 7.84. The van der Waals surface area contributed by atoms with Crippen molar-refractivity contribution in [2.24, 2.45) is 0 Å². The van der Waals surface area contributed by atoms with Crippen LogP contribution in [-0.4, -0.2) is 56.4 Å². The third kappa shape index (κ3) is 5.16. The molecule has 2 aliphatic heterocycles. The summed E-state index contributed by atoms with van der Waals surface area (Å²) in [6, 6.07) is 12.1. The maximum atomic E-state index is 13.4. The lowest BCUT2D eigenvalue weighted by Gasteiger charge is -2.39. The molecule has 1 unspecified atom stereocenters. The zero-order chi connectivity index (χ0) is 21.1. The molecule has 2 aromatic carbocycles. The van der Waals surface area contributed by atoms with Crippen LogP contribution in [0.25, 0.3) is 0 Å². The van der Waals surface area contributed by atoms with Gasteiger partial charge in [0.05, 0.1) is 5.69 Å². The van der Waals surface area contributed by atoms with E-state index in [2.05, 4.69) is 15.1 Å². The molecule has 0 radical (unpaired) electrons. The highest BCUT2D eigenvalue weighted by Gasteiger charge is 2.30.